The molecule has 2 aromatic carbocycles. The minimum atomic E-state index is -1.05. The highest BCUT2D eigenvalue weighted by atomic mass is 32.1. The second kappa shape index (κ2) is 13.0. The van der Waals surface area contributed by atoms with Crippen LogP contribution in [0, 0.1) is 17.0 Å². The maximum Gasteiger partial charge on any atom is 0.166 e. The van der Waals surface area contributed by atoms with Crippen molar-refractivity contribution in [2.75, 3.05) is 20.3 Å². The number of aromatic nitrogens is 3. The number of benzene rings is 2. The number of nitrogens with zero attached hydrogens (tertiary/aromatic N) is 3. The maximum atomic E-state index is 15.3. The zero-order valence-corrected chi connectivity index (χ0v) is 25.8. The third kappa shape index (κ3) is 6.56. The SMILES string of the molecule is COCCNCc1cnc(-c2cc3nccc(Oc4ccc(CC(=O)C5(C(=O)Cc6ccc(F)cc6)CC5)cc4F)c3s2)n1C. The summed E-state index contributed by atoms with van der Waals surface area (Å²) in [7, 11) is 3.62. The molecule has 3 aromatic heterocycles. The second-order valence-electron chi connectivity index (χ2n) is 11.2. The summed E-state index contributed by atoms with van der Waals surface area (Å²) in [5, 5.41) is 3.32. The van der Waals surface area contributed by atoms with Crippen molar-refractivity contribution in [1.82, 2.24) is 19.9 Å². The van der Waals surface area contributed by atoms with Gasteiger partial charge in [-0.15, -0.1) is 11.3 Å². The first-order valence-electron chi connectivity index (χ1n) is 14.6. The Hall–Kier alpha value is -4.32. The number of fused-ring (bicyclic) bond motifs is 1. The molecular weight excluding hydrogens is 598 g/mol. The van der Waals surface area contributed by atoms with E-state index in [-0.39, 0.29) is 36.0 Å². The van der Waals surface area contributed by atoms with Crippen molar-refractivity contribution in [3.05, 3.63) is 95.4 Å². The van der Waals surface area contributed by atoms with Crippen LogP contribution in [0.1, 0.15) is 29.7 Å². The van der Waals surface area contributed by atoms with Gasteiger partial charge >= 0.3 is 0 Å². The zero-order valence-electron chi connectivity index (χ0n) is 24.9. The number of ketones is 2. The van der Waals surface area contributed by atoms with E-state index in [9.17, 15) is 14.0 Å². The number of imidazole rings is 1. The summed E-state index contributed by atoms with van der Waals surface area (Å²) >= 11 is 1.46. The normalized spacial score (nSPS) is 13.7. The highest BCUT2D eigenvalue weighted by Gasteiger charge is 2.54. The average molecular weight is 631 g/mol. The van der Waals surface area contributed by atoms with Crippen LogP contribution in [0.15, 0.2) is 67.0 Å². The first-order valence-corrected chi connectivity index (χ1v) is 15.5. The Labute approximate surface area is 263 Å². The molecule has 1 saturated carbocycles. The minimum Gasteiger partial charge on any atom is -0.453 e. The van der Waals surface area contributed by atoms with Gasteiger partial charge in [-0.2, -0.15) is 0 Å². The number of halogens is 2. The van der Waals surface area contributed by atoms with Crippen molar-refractivity contribution in [2.45, 2.75) is 32.2 Å². The molecule has 6 rings (SSSR count). The van der Waals surface area contributed by atoms with Crippen molar-refractivity contribution in [1.29, 1.82) is 0 Å². The molecule has 3 heterocycles. The fourth-order valence-corrected chi connectivity index (χ4v) is 6.44. The van der Waals surface area contributed by atoms with Gasteiger partial charge in [0, 0.05) is 52.4 Å². The Morgan fingerprint density at radius 2 is 1.71 bits per heavy atom. The molecule has 5 aromatic rings. The van der Waals surface area contributed by atoms with Gasteiger partial charge < -0.3 is 19.4 Å². The van der Waals surface area contributed by atoms with Crippen molar-refractivity contribution in [3.63, 3.8) is 0 Å². The second-order valence-corrected chi connectivity index (χ2v) is 12.3. The van der Waals surface area contributed by atoms with E-state index in [0.29, 0.717) is 48.4 Å². The summed E-state index contributed by atoms with van der Waals surface area (Å²) in [4.78, 5) is 36.2. The number of thiophene rings is 1. The van der Waals surface area contributed by atoms with E-state index in [2.05, 4.69) is 15.3 Å². The number of hydrogen-bond donors (Lipinski definition) is 1. The van der Waals surface area contributed by atoms with Crippen LogP contribution < -0.4 is 10.1 Å². The Morgan fingerprint density at radius 1 is 0.978 bits per heavy atom. The molecule has 1 fully saturated rings. The van der Waals surface area contributed by atoms with Gasteiger partial charge in [-0.05, 0) is 54.3 Å². The molecule has 0 aliphatic heterocycles. The summed E-state index contributed by atoms with van der Waals surface area (Å²) in [5.41, 5.74) is 1.80. The lowest BCUT2D eigenvalue weighted by atomic mass is 9.88. The molecule has 0 radical (unpaired) electrons. The van der Waals surface area contributed by atoms with Crippen LogP contribution in [0.4, 0.5) is 8.78 Å². The first-order chi connectivity index (χ1) is 21.8. The number of pyridine rings is 1. The van der Waals surface area contributed by atoms with E-state index in [4.69, 9.17) is 9.47 Å². The summed E-state index contributed by atoms with van der Waals surface area (Å²) in [5.74, 6) is -0.143. The largest absolute Gasteiger partial charge is 0.453 e. The Morgan fingerprint density at radius 3 is 2.42 bits per heavy atom. The highest BCUT2D eigenvalue weighted by molar-refractivity contribution is 7.22. The topological polar surface area (TPSA) is 95.3 Å². The summed E-state index contributed by atoms with van der Waals surface area (Å²) < 4.78 is 42.4. The Balaban J connectivity index is 1.14. The summed E-state index contributed by atoms with van der Waals surface area (Å²) in [6, 6.07) is 13.7. The van der Waals surface area contributed by atoms with Crippen LogP contribution in [0.2, 0.25) is 0 Å². The van der Waals surface area contributed by atoms with Gasteiger partial charge in [0.05, 0.1) is 39.0 Å². The number of carbonyl (C=O) groups excluding carboxylic acids is 2. The van der Waals surface area contributed by atoms with E-state index in [0.717, 1.165) is 27.6 Å². The lowest BCUT2D eigenvalue weighted by Crippen LogP contribution is -2.28. The maximum absolute atomic E-state index is 15.3. The molecule has 45 heavy (non-hydrogen) atoms. The van der Waals surface area contributed by atoms with Gasteiger partial charge in [0.25, 0.3) is 0 Å². The van der Waals surface area contributed by atoms with E-state index in [1.807, 2.05) is 23.9 Å². The number of ether oxygens (including phenoxy) is 2. The lowest BCUT2D eigenvalue weighted by Gasteiger charge is -2.14. The van der Waals surface area contributed by atoms with E-state index < -0.39 is 11.2 Å². The van der Waals surface area contributed by atoms with Gasteiger partial charge in [-0.25, -0.2) is 13.8 Å². The van der Waals surface area contributed by atoms with Crippen molar-refractivity contribution >= 4 is 33.1 Å². The molecule has 0 spiro atoms. The lowest BCUT2D eigenvalue weighted by molar-refractivity contribution is -0.133. The van der Waals surface area contributed by atoms with E-state index >= 15 is 4.39 Å². The Kier molecular flexibility index (Phi) is 8.84. The fourth-order valence-electron chi connectivity index (χ4n) is 5.34. The van der Waals surface area contributed by atoms with Crippen LogP contribution in [0.3, 0.4) is 0 Å². The van der Waals surface area contributed by atoms with Crippen LogP contribution in [-0.2, 0) is 40.8 Å². The first kappa shape index (κ1) is 30.7. The monoisotopic (exact) mass is 630 g/mol. The number of rotatable bonds is 14. The van der Waals surface area contributed by atoms with Gasteiger partial charge in [0.2, 0.25) is 0 Å². The Bertz CT molecular complexity index is 1860. The standard InChI is InChI=1S/C34H32F2N4O4S/c1-40-24(19-37-13-14-43-2)20-39-33(40)29-18-26-32(45-29)28(9-12-38-26)44-27-8-5-22(15-25(27)36)17-31(42)34(10-11-34)30(41)16-21-3-6-23(35)7-4-21/h3-9,12,15,18,20,37H,10-11,13-14,16-17,19H2,1-2H3. The van der Waals surface area contributed by atoms with Crippen LogP contribution in [-0.4, -0.2) is 46.4 Å². The van der Waals surface area contributed by atoms with E-state index in [1.165, 1.54) is 35.6 Å². The van der Waals surface area contributed by atoms with Gasteiger partial charge in [0.1, 0.15) is 17.4 Å². The van der Waals surface area contributed by atoms with Crippen molar-refractivity contribution < 1.29 is 27.8 Å². The average Bonchev–Trinajstić information content (AvgIpc) is 3.61. The quantitative estimate of drug-likeness (QED) is 0.115. The molecule has 0 amide bonds. The molecule has 0 saturated heterocycles. The summed E-state index contributed by atoms with van der Waals surface area (Å²) in [6.07, 6.45) is 4.39. The number of carbonyl (C=O) groups is 2. The summed E-state index contributed by atoms with van der Waals surface area (Å²) in [6.45, 7) is 2.01. The number of Topliss-reactive ketones (excluding diaryl/α,β-unsaturated/α-hetero) is 2. The highest BCUT2D eigenvalue weighted by Crippen LogP contribution is 2.49. The third-order valence-electron chi connectivity index (χ3n) is 8.15. The van der Waals surface area contributed by atoms with Gasteiger partial charge in [-0.1, -0.05) is 18.2 Å². The smallest absolute Gasteiger partial charge is 0.166 e. The number of methoxy groups -OCH3 is 1. The predicted octanol–water partition coefficient (Wildman–Crippen LogP) is 6.21. The van der Waals surface area contributed by atoms with Crippen molar-refractivity contribution in [2.24, 2.45) is 12.5 Å². The molecule has 11 heteroatoms. The third-order valence-corrected chi connectivity index (χ3v) is 9.28. The molecule has 1 aliphatic carbocycles. The molecule has 0 atom stereocenters. The van der Waals surface area contributed by atoms with E-state index in [1.54, 1.807) is 37.6 Å². The van der Waals surface area contributed by atoms with Crippen LogP contribution in [0.25, 0.3) is 20.9 Å². The van der Waals surface area contributed by atoms with Gasteiger partial charge in [-0.3, -0.25) is 14.6 Å². The predicted molar refractivity (Wildman–Crippen MR) is 167 cm³/mol. The minimum absolute atomic E-state index is 0.0172. The van der Waals surface area contributed by atoms with Gasteiger partial charge in [0.15, 0.2) is 23.1 Å². The fraction of sp³-hybridized carbons (Fsp3) is 0.294. The molecule has 232 valence electrons. The van der Waals surface area contributed by atoms with Crippen molar-refractivity contribution in [3.8, 4) is 22.2 Å². The zero-order chi connectivity index (χ0) is 31.6. The van der Waals surface area contributed by atoms with Crippen LogP contribution in [0.5, 0.6) is 11.5 Å². The molecule has 1 N–H and O–H groups in total. The molecule has 0 bridgehead atoms. The van der Waals surface area contributed by atoms with Crippen LogP contribution >= 0.6 is 11.3 Å². The molecule has 8 nitrogen and oxygen atoms in total. The molecular formula is C34H32F2N4O4S. The number of nitrogens with one attached hydrogen (secondary N) is 1. The molecule has 0 unspecified atom stereocenters. The molecule has 1 aliphatic rings. The number of hydrogen-bond acceptors (Lipinski definition) is 8.